The van der Waals surface area contributed by atoms with Crippen molar-refractivity contribution in [3.8, 4) is 0 Å². The van der Waals surface area contributed by atoms with Crippen molar-refractivity contribution in [2.24, 2.45) is 0 Å². The highest BCUT2D eigenvalue weighted by molar-refractivity contribution is 8.11. The van der Waals surface area contributed by atoms with E-state index in [-0.39, 0.29) is 14.3 Å². The average Bonchev–Trinajstić information content (AvgIpc) is 2.97. The summed E-state index contributed by atoms with van der Waals surface area (Å²) >= 11 is 18.4. The summed E-state index contributed by atoms with van der Waals surface area (Å²) in [5, 5.41) is 4.14. The molecule has 2 heterocycles. The van der Waals surface area contributed by atoms with Gasteiger partial charge in [-0.3, -0.25) is 9.78 Å². The number of thiol groups is 2. The van der Waals surface area contributed by atoms with Crippen molar-refractivity contribution >= 4 is 64.2 Å². The first-order valence-corrected chi connectivity index (χ1v) is 7.60. The van der Waals surface area contributed by atoms with Crippen LogP contribution >= 0.6 is 49.7 Å². The molecule has 7 nitrogen and oxygen atoms in total. The molecular formula is C10H12N6OS4. The second kappa shape index (κ2) is 7.42. The molecule has 1 aliphatic rings. The highest BCUT2D eigenvalue weighted by Gasteiger charge is 2.33. The number of amides is 1. The summed E-state index contributed by atoms with van der Waals surface area (Å²) in [6, 6.07) is 0. The van der Waals surface area contributed by atoms with E-state index in [0.29, 0.717) is 6.54 Å². The van der Waals surface area contributed by atoms with E-state index in [1.807, 2.05) is 0 Å². The highest BCUT2D eigenvalue weighted by atomic mass is 32.1. The van der Waals surface area contributed by atoms with Crippen LogP contribution in [0.15, 0.2) is 18.6 Å². The topological polar surface area (TPSA) is 64.6 Å². The van der Waals surface area contributed by atoms with E-state index in [4.69, 9.17) is 24.4 Å². The van der Waals surface area contributed by atoms with Gasteiger partial charge in [0, 0.05) is 25.5 Å². The fraction of sp³-hybridized carbons (Fsp3) is 0.300. The molecule has 0 saturated carbocycles. The molecule has 1 aromatic rings. The Labute approximate surface area is 143 Å². The maximum atomic E-state index is 12.6. The summed E-state index contributed by atoms with van der Waals surface area (Å²) in [4.78, 5) is 20.4. The van der Waals surface area contributed by atoms with Crippen LogP contribution in [0, 0.1) is 0 Å². The van der Waals surface area contributed by atoms with Gasteiger partial charge in [0.2, 0.25) is 0 Å². The Morgan fingerprint density at radius 3 is 2.57 bits per heavy atom. The molecule has 0 spiro atoms. The van der Waals surface area contributed by atoms with Gasteiger partial charge in [-0.25, -0.2) is 10.4 Å². The highest BCUT2D eigenvalue weighted by Crippen LogP contribution is 2.15. The lowest BCUT2D eigenvalue weighted by Crippen LogP contribution is -2.59. The second-order valence-corrected chi connectivity index (χ2v) is 6.17. The van der Waals surface area contributed by atoms with E-state index in [0.717, 1.165) is 18.0 Å². The Morgan fingerprint density at radius 1 is 1.33 bits per heavy atom. The smallest absolute Gasteiger partial charge is 0.265 e. The number of nitrogens with zero attached hydrogens (tertiary/aromatic N) is 5. The number of hydrazine groups is 3. The van der Waals surface area contributed by atoms with Gasteiger partial charge in [0.15, 0.2) is 8.64 Å². The van der Waals surface area contributed by atoms with Gasteiger partial charge in [-0.05, 0) is 18.6 Å². The maximum Gasteiger partial charge on any atom is 0.299 e. The second-order valence-electron chi connectivity index (χ2n) is 3.95. The van der Waals surface area contributed by atoms with Crippen molar-refractivity contribution in [3.63, 3.8) is 0 Å². The quantitative estimate of drug-likeness (QED) is 0.405. The summed E-state index contributed by atoms with van der Waals surface area (Å²) < 4.78 is 0.175. The fourth-order valence-corrected chi connectivity index (χ4v) is 2.46. The molecule has 1 aliphatic heterocycles. The summed E-state index contributed by atoms with van der Waals surface area (Å²) in [6.45, 7) is 1.42. The monoisotopic (exact) mass is 360 g/mol. The van der Waals surface area contributed by atoms with Crippen molar-refractivity contribution < 1.29 is 4.79 Å². The standard InChI is InChI=1S/C10H12N6OS4/c17-8(7-6-11-3-4-12-7)15(9(18)19)16(10(20)21)14-5-1-2-13-14/h3-4,6,13H,1-2,5H2,(H,18,19)(H,20,21). The Hall–Kier alpha value is -0.850. The number of carbonyl (C=O) groups excluding carboxylic acids is 1. The molecule has 21 heavy (non-hydrogen) atoms. The Morgan fingerprint density at radius 2 is 2.10 bits per heavy atom. The molecular weight excluding hydrogens is 348 g/mol. The van der Waals surface area contributed by atoms with Crippen LogP contribution in [0.2, 0.25) is 0 Å². The largest absolute Gasteiger partial charge is 0.299 e. The Bertz CT molecular complexity index is 550. The maximum absolute atomic E-state index is 12.6. The molecule has 1 N–H and O–H groups in total. The molecule has 2 rings (SSSR count). The lowest BCUT2D eigenvalue weighted by atomic mass is 10.4. The predicted octanol–water partition coefficient (Wildman–Crippen LogP) is 0.690. The van der Waals surface area contributed by atoms with Crippen molar-refractivity contribution in [1.82, 2.24) is 30.6 Å². The van der Waals surface area contributed by atoms with E-state index in [1.165, 1.54) is 23.7 Å². The van der Waals surface area contributed by atoms with Crippen molar-refractivity contribution in [2.45, 2.75) is 6.42 Å². The third-order valence-electron chi connectivity index (χ3n) is 2.59. The molecule has 1 fully saturated rings. The Balaban J connectivity index is 2.34. The SMILES string of the molecule is O=C(c1cnccn1)N(C(=S)S)N(C(=S)S)N1CCCN1. The van der Waals surface area contributed by atoms with Gasteiger partial charge < -0.3 is 0 Å². The lowest BCUT2D eigenvalue weighted by molar-refractivity contribution is -0.0730. The first-order valence-electron chi connectivity index (χ1n) is 5.89. The minimum absolute atomic E-state index is 0.0238. The fourth-order valence-electron chi connectivity index (χ4n) is 1.75. The number of rotatable bonds is 2. The van der Waals surface area contributed by atoms with Gasteiger partial charge in [-0.2, -0.15) is 10.1 Å². The van der Waals surface area contributed by atoms with E-state index in [2.05, 4.69) is 40.7 Å². The first kappa shape index (κ1) is 16.5. The van der Waals surface area contributed by atoms with Crippen molar-refractivity contribution in [1.29, 1.82) is 0 Å². The number of aromatic nitrogens is 2. The number of thiocarbonyl (C=S) groups is 2. The van der Waals surface area contributed by atoms with Crippen LogP contribution in [0.4, 0.5) is 0 Å². The number of carbonyl (C=O) groups is 1. The number of hydrogen-bond donors (Lipinski definition) is 3. The zero-order chi connectivity index (χ0) is 15.4. The summed E-state index contributed by atoms with van der Waals surface area (Å²) in [6.07, 6.45) is 5.14. The molecule has 1 aromatic heterocycles. The molecule has 0 aliphatic carbocycles. The van der Waals surface area contributed by atoms with E-state index in [1.54, 1.807) is 5.12 Å². The van der Waals surface area contributed by atoms with Crippen molar-refractivity contribution in [2.75, 3.05) is 13.1 Å². The van der Waals surface area contributed by atoms with Gasteiger partial charge in [0.05, 0.1) is 6.20 Å². The van der Waals surface area contributed by atoms with Crippen LogP contribution < -0.4 is 5.43 Å². The van der Waals surface area contributed by atoms with Gasteiger partial charge in [-0.1, -0.05) is 12.2 Å². The summed E-state index contributed by atoms with van der Waals surface area (Å²) in [5.41, 5.74) is 3.21. The van der Waals surface area contributed by atoms with E-state index in [9.17, 15) is 4.79 Å². The molecule has 1 saturated heterocycles. The van der Waals surface area contributed by atoms with Gasteiger partial charge in [0.1, 0.15) is 5.69 Å². The normalized spacial score (nSPS) is 14.8. The van der Waals surface area contributed by atoms with E-state index >= 15 is 0 Å². The van der Waals surface area contributed by atoms with Crippen LogP contribution in [-0.2, 0) is 0 Å². The molecule has 0 radical (unpaired) electrons. The molecule has 0 aromatic carbocycles. The first-order chi connectivity index (χ1) is 10.0. The van der Waals surface area contributed by atoms with Crippen molar-refractivity contribution in [3.05, 3.63) is 24.3 Å². The third-order valence-corrected chi connectivity index (χ3v) is 3.29. The average molecular weight is 361 g/mol. The summed E-state index contributed by atoms with van der Waals surface area (Å²) in [5.74, 6) is -0.492. The minimum Gasteiger partial charge on any atom is -0.265 e. The minimum atomic E-state index is -0.492. The molecule has 0 unspecified atom stereocenters. The molecule has 0 bridgehead atoms. The lowest BCUT2D eigenvalue weighted by Gasteiger charge is -2.38. The zero-order valence-corrected chi connectivity index (χ0v) is 14.1. The molecule has 1 amide bonds. The van der Waals surface area contributed by atoms with Gasteiger partial charge in [-0.15, -0.1) is 30.4 Å². The van der Waals surface area contributed by atoms with Crippen LogP contribution in [0.5, 0.6) is 0 Å². The Kier molecular flexibility index (Phi) is 5.84. The van der Waals surface area contributed by atoms with Crippen LogP contribution in [-0.4, -0.2) is 52.9 Å². The number of nitrogens with one attached hydrogen (secondary N) is 1. The molecule has 11 heteroatoms. The number of hydrogen-bond acceptors (Lipinski definition) is 7. The molecule has 0 atom stereocenters. The van der Waals surface area contributed by atoms with Crippen LogP contribution in [0.25, 0.3) is 0 Å². The van der Waals surface area contributed by atoms with Gasteiger partial charge in [0.25, 0.3) is 5.91 Å². The van der Waals surface area contributed by atoms with Crippen LogP contribution in [0.1, 0.15) is 16.9 Å². The van der Waals surface area contributed by atoms with Crippen LogP contribution in [0.3, 0.4) is 0 Å². The predicted molar refractivity (Wildman–Crippen MR) is 92.5 cm³/mol. The molecule has 112 valence electrons. The zero-order valence-electron chi connectivity index (χ0n) is 10.7. The van der Waals surface area contributed by atoms with Gasteiger partial charge >= 0.3 is 0 Å². The van der Waals surface area contributed by atoms with E-state index < -0.39 is 5.91 Å². The summed E-state index contributed by atoms with van der Waals surface area (Å²) in [7, 11) is 0. The third kappa shape index (κ3) is 3.87.